The molecular formula is C24H24ClN3O3. The SMILES string of the molecule is CCc1ccc(C(=O)NC(C)c2ccc(NC(=O)OCc3ccc(Cl)cc3)cc2)cn1. The lowest BCUT2D eigenvalue weighted by Gasteiger charge is -2.15. The van der Waals surface area contributed by atoms with Gasteiger partial charge in [-0.25, -0.2) is 4.79 Å². The number of nitrogens with zero attached hydrogens (tertiary/aromatic N) is 1. The molecule has 3 aromatic rings. The number of rotatable bonds is 7. The van der Waals surface area contributed by atoms with E-state index in [1.807, 2.05) is 32.0 Å². The predicted octanol–water partition coefficient (Wildman–Crippen LogP) is 5.54. The van der Waals surface area contributed by atoms with Crippen molar-refractivity contribution in [2.45, 2.75) is 32.9 Å². The van der Waals surface area contributed by atoms with E-state index in [4.69, 9.17) is 16.3 Å². The maximum atomic E-state index is 12.4. The number of anilines is 1. The lowest BCUT2D eigenvalue weighted by Crippen LogP contribution is -2.26. The molecular weight excluding hydrogens is 414 g/mol. The molecule has 0 saturated carbocycles. The van der Waals surface area contributed by atoms with Crippen molar-refractivity contribution in [3.8, 4) is 0 Å². The largest absolute Gasteiger partial charge is 0.444 e. The summed E-state index contributed by atoms with van der Waals surface area (Å²) in [6, 6.07) is 17.7. The van der Waals surface area contributed by atoms with Gasteiger partial charge in [0.25, 0.3) is 5.91 Å². The van der Waals surface area contributed by atoms with E-state index in [0.717, 1.165) is 23.2 Å². The highest BCUT2D eigenvalue weighted by atomic mass is 35.5. The molecule has 1 aromatic heterocycles. The zero-order valence-corrected chi connectivity index (χ0v) is 18.1. The van der Waals surface area contributed by atoms with Crippen molar-refractivity contribution in [3.63, 3.8) is 0 Å². The summed E-state index contributed by atoms with van der Waals surface area (Å²) in [6.45, 7) is 4.06. The van der Waals surface area contributed by atoms with Crippen LogP contribution in [0.2, 0.25) is 5.02 Å². The lowest BCUT2D eigenvalue weighted by molar-refractivity contribution is 0.0939. The van der Waals surface area contributed by atoms with Crippen molar-refractivity contribution in [1.82, 2.24) is 10.3 Å². The van der Waals surface area contributed by atoms with Crippen molar-refractivity contribution < 1.29 is 14.3 Å². The van der Waals surface area contributed by atoms with Gasteiger partial charge in [-0.05, 0) is 60.9 Å². The van der Waals surface area contributed by atoms with Gasteiger partial charge in [-0.3, -0.25) is 15.1 Å². The Morgan fingerprint density at radius 1 is 1.03 bits per heavy atom. The van der Waals surface area contributed by atoms with Crippen molar-refractivity contribution in [2.75, 3.05) is 5.32 Å². The van der Waals surface area contributed by atoms with Gasteiger partial charge in [-0.2, -0.15) is 0 Å². The number of carbonyl (C=O) groups excluding carboxylic acids is 2. The lowest BCUT2D eigenvalue weighted by atomic mass is 10.1. The topological polar surface area (TPSA) is 80.3 Å². The number of ether oxygens (including phenoxy) is 1. The molecule has 0 spiro atoms. The Morgan fingerprint density at radius 2 is 1.74 bits per heavy atom. The standard InChI is InChI=1S/C24H24ClN3O3/c1-3-21-11-8-19(14-26-21)23(29)27-16(2)18-6-12-22(13-7-18)28-24(30)31-15-17-4-9-20(25)10-5-17/h4-14,16H,3,15H2,1-2H3,(H,27,29)(H,28,30). The van der Waals surface area contributed by atoms with Crippen LogP contribution >= 0.6 is 11.6 Å². The van der Waals surface area contributed by atoms with Gasteiger partial charge in [-0.1, -0.05) is 42.8 Å². The first-order chi connectivity index (χ1) is 14.9. The third-order valence-corrected chi connectivity index (χ3v) is 4.99. The summed E-state index contributed by atoms with van der Waals surface area (Å²) in [7, 11) is 0. The normalized spacial score (nSPS) is 11.5. The van der Waals surface area contributed by atoms with Crippen LogP contribution in [0.15, 0.2) is 66.9 Å². The first kappa shape index (κ1) is 22.3. The van der Waals surface area contributed by atoms with Crippen LogP contribution in [0, 0.1) is 0 Å². The van der Waals surface area contributed by atoms with E-state index in [1.54, 1.807) is 48.7 Å². The molecule has 2 N–H and O–H groups in total. The van der Waals surface area contributed by atoms with Gasteiger partial charge in [0.15, 0.2) is 0 Å². The highest BCUT2D eigenvalue weighted by molar-refractivity contribution is 6.30. The van der Waals surface area contributed by atoms with E-state index >= 15 is 0 Å². The van der Waals surface area contributed by atoms with Gasteiger partial charge in [0.05, 0.1) is 11.6 Å². The average Bonchev–Trinajstić information content (AvgIpc) is 2.79. The molecule has 0 aliphatic rings. The zero-order chi connectivity index (χ0) is 22.2. The second-order valence-electron chi connectivity index (χ2n) is 7.04. The van der Waals surface area contributed by atoms with E-state index in [-0.39, 0.29) is 18.6 Å². The van der Waals surface area contributed by atoms with Crippen molar-refractivity contribution in [1.29, 1.82) is 0 Å². The number of amides is 2. The Kier molecular flexibility index (Phi) is 7.62. The Bertz CT molecular complexity index is 1020. The molecule has 3 rings (SSSR count). The van der Waals surface area contributed by atoms with Crippen LogP contribution in [-0.2, 0) is 17.8 Å². The predicted molar refractivity (Wildman–Crippen MR) is 121 cm³/mol. The van der Waals surface area contributed by atoms with Crippen LogP contribution in [0.3, 0.4) is 0 Å². The summed E-state index contributed by atoms with van der Waals surface area (Å²) < 4.78 is 5.21. The van der Waals surface area contributed by atoms with E-state index < -0.39 is 6.09 Å². The second-order valence-corrected chi connectivity index (χ2v) is 7.47. The highest BCUT2D eigenvalue weighted by Crippen LogP contribution is 2.17. The minimum Gasteiger partial charge on any atom is -0.444 e. The molecule has 1 unspecified atom stereocenters. The van der Waals surface area contributed by atoms with Crippen LogP contribution in [0.5, 0.6) is 0 Å². The van der Waals surface area contributed by atoms with Crippen molar-refractivity contribution in [2.24, 2.45) is 0 Å². The third kappa shape index (κ3) is 6.55. The fourth-order valence-electron chi connectivity index (χ4n) is 2.87. The Morgan fingerprint density at radius 3 is 2.35 bits per heavy atom. The molecule has 6 nitrogen and oxygen atoms in total. The van der Waals surface area contributed by atoms with E-state index in [1.165, 1.54) is 0 Å². The molecule has 0 saturated heterocycles. The van der Waals surface area contributed by atoms with Crippen molar-refractivity contribution >= 4 is 29.3 Å². The number of benzene rings is 2. The van der Waals surface area contributed by atoms with Crippen molar-refractivity contribution in [3.05, 3.63) is 94.3 Å². The number of aromatic nitrogens is 1. The van der Waals surface area contributed by atoms with Crippen LogP contribution in [0.25, 0.3) is 0 Å². The number of nitrogens with one attached hydrogen (secondary N) is 2. The highest BCUT2D eigenvalue weighted by Gasteiger charge is 2.12. The molecule has 1 heterocycles. The number of hydrogen-bond donors (Lipinski definition) is 2. The second kappa shape index (κ2) is 10.6. The van der Waals surface area contributed by atoms with Gasteiger partial charge < -0.3 is 10.1 Å². The smallest absolute Gasteiger partial charge is 0.411 e. The molecule has 7 heteroatoms. The van der Waals surface area contributed by atoms with Crippen LogP contribution in [0.1, 0.15) is 47.1 Å². The molecule has 0 radical (unpaired) electrons. The average molecular weight is 438 g/mol. The molecule has 0 bridgehead atoms. The quantitative estimate of drug-likeness (QED) is 0.508. The summed E-state index contributed by atoms with van der Waals surface area (Å²) in [6.07, 6.45) is 1.86. The molecule has 31 heavy (non-hydrogen) atoms. The van der Waals surface area contributed by atoms with Gasteiger partial charge in [0, 0.05) is 22.6 Å². The minimum atomic E-state index is -0.549. The van der Waals surface area contributed by atoms with E-state index in [2.05, 4.69) is 15.6 Å². The molecule has 1 atom stereocenters. The number of hydrogen-bond acceptors (Lipinski definition) is 4. The number of halogens is 1. The van der Waals surface area contributed by atoms with Crippen LogP contribution in [-0.4, -0.2) is 17.0 Å². The van der Waals surface area contributed by atoms with Crippen LogP contribution in [0.4, 0.5) is 10.5 Å². The van der Waals surface area contributed by atoms with Gasteiger partial charge in [-0.15, -0.1) is 0 Å². The third-order valence-electron chi connectivity index (χ3n) is 4.74. The van der Waals surface area contributed by atoms with Gasteiger partial charge >= 0.3 is 6.09 Å². The fourth-order valence-corrected chi connectivity index (χ4v) is 3.00. The van der Waals surface area contributed by atoms with Gasteiger partial charge in [0.2, 0.25) is 0 Å². The summed E-state index contributed by atoms with van der Waals surface area (Å²) in [4.78, 5) is 28.7. The number of carbonyl (C=O) groups is 2. The summed E-state index contributed by atoms with van der Waals surface area (Å²) >= 11 is 5.84. The number of aryl methyl sites for hydroxylation is 1. The molecule has 0 aliphatic heterocycles. The molecule has 160 valence electrons. The Hall–Kier alpha value is -3.38. The molecule has 2 aromatic carbocycles. The first-order valence-electron chi connectivity index (χ1n) is 9.98. The molecule has 0 aliphatic carbocycles. The van der Waals surface area contributed by atoms with E-state index in [0.29, 0.717) is 16.3 Å². The zero-order valence-electron chi connectivity index (χ0n) is 17.4. The summed E-state index contributed by atoms with van der Waals surface area (Å²) in [5.74, 6) is -0.185. The first-order valence-corrected chi connectivity index (χ1v) is 10.4. The maximum absolute atomic E-state index is 12.4. The van der Waals surface area contributed by atoms with Gasteiger partial charge in [0.1, 0.15) is 6.61 Å². The molecule has 2 amide bonds. The fraction of sp³-hybridized carbons (Fsp3) is 0.208. The van der Waals surface area contributed by atoms with Crippen LogP contribution < -0.4 is 10.6 Å². The molecule has 0 fully saturated rings. The van der Waals surface area contributed by atoms with E-state index in [9.17, 15) is 9.59 Å². The Balaban J connectivity index is 1.50. The maximum Gasteiger partial charge on any atom is 0.411 e. The monoisotopic (exact) mass is 437 g/mol. The number of pyridine rings is 1. The Labute approximate surface area is 186 Å². The summed E-state index contributed by atoms with van der Waals surface area (Å²) in [5, 5.41) is 6.27. The summed E-state index contributed by atoms with van der Waals surface area (Å²) in [5.41, 5.74) is 3.82. The minimum absolute atomic E-state index is 0.151.